The number of methoxy groups -OCH3 is 1. The van der Waals surface area contributed by atoms with Crippen LogP contribution in [0.4, 0.5) is 0 Å². The van der Waals surface area contributed by atoms with E-state index in [4.69, 9.17) is 10.6 Å². The number of nitrogens with two attached hydrogens (primary N) is 1. The minimum atomic E-state index is -0.0437. The van der Waals surface area contributed by atoms with Gasteiger partial charge < -0.3 is 4.74 Å². The lowest BCUT2D eigenvalue weighted by molar-refractivity contribution is -0.0270. The first-order valence-corrected chi connectivity index (χ1v) is 6.52. The Bertz CT molecular complexity index is 257. The lowest BCUT2D eigenvalue weighted by Crippen LogP contribution is -2.54. The van der Waals surface area contributed by atoms with Crippen LogP contribution in [0.5, 0.6) is 0 Å². The molecule has 2 aliphatic carbocycles. The highest BCUT2D eigenvalue weighted by Crippen LogP contribution is 2.39. The summed E-state index contributed by atoms with van der Waals surface area (Å²) in [7, 11) is 1.83. The van der Waals surface area contributed by atoms with Crippen molar-refractivity contribution in [3.8, 4) is 0 Å². The van der Waals surface area contributed by atoms with Gasteiger partial charge in [0.05, 0.1) is 11.6 Å². The maximum atomic E-state index is 5.82. The molecule has 0 heterocycles. The molecule has 3 N–H and O–H groups in total. The van der Waals surface area contributed by atoms with Gasteiger partial charge in [0.1, 0.15) is 0 Å². The highest BCUT2D eigenvalue weighted by molar-refractivity contribution is 5.20. The summed E-state index contributed by atoms with van der Waals surface area (Å²) in [5.41, 5.74) is 4.44. The monoisotopic (exact) mass is 224 g/mol. The highest BCUT2D eigenvalue weighted by Gasteiger charge is 2.42. The van der Waals surface area contributed by atoms with Crippen molar-refractivity contribution in [1.29, 1.82) is 0 Å². The van der Waals surface area contributed by atoms with Gasteiger partial charge in [-0.3, -0.25) is 11.3 Å². The van der Waals surface area contributed by atoms with Gasteiger partial charge in [-0.15, -0.1) is 0 Å². The zero-order valence-corrected chi connectivity index (χ0v) is 10.3. The van der Waals surface area contributed by atoms with Crippen molar-refractivity contribution in [2.75, 3.05) is 7.11 Å². The summed E-state index contributed by atoms with van der Waals surface area (Å²) in [6, 6.07) is 0.222. The average molecular weight is 224 g/mol. The zero-order valence-electron chi connectivity index (χ0n) is 10.3. The van der Waals surface area contributed by atoms with Crippen LogP contribution in [0.3, 0.4) is 0 Å². The second-order valence-electron chi connectivity index (χ2n) is 5.10. The Balaban J connectivity index is 2.16. The van der Waals surface area contributed by atoms with Gasteiger partial charge in [-0.25, -0.2) is 0 Å². The summed E-state index contributed by atoms with van der Waals surface area (Å²) in [6.45, 7) is 0. The largest absolute Gasteiger partial charge is 0.376 e. The molecule has 1 fully saturated rings. The predicted molar refractivity (Wildman–Crippen MR) is 65.9 cm³/mol. The molecule has 1 atom stereocenters. The van der Waals surface area contributed by atoms with Crippen molar-refractivity contribution in [3.63, 3.8) is 0 Å². The fourth-order valence-electron chi connectivity index (χ4n) is 3.31. The molecule has 92 valence electrons. The van der Waals surface area contributed by atoms with Gasteiger partial charge in [0.15, 0.2) is 0 Å². The number of hydrazine groups is 1. The minimum Gasteiger partial charge on any atom is -0.376 e. The van der Waals surface area contributed by atoms with Crippen LogP contribution in [0.25, 0.3) is 0 Å². The molecule has 0 bridgehead atoms. The van der Waals surface area contributed by atoms with Crippen LogP contribution >= 0.6 is 0 Å². The summed E-state index contributed by atoms with van der Waals surface area (Å²) >= 11 is 0. The second-order valence-corrected chi connectivity index (χ2v) is 5.10. The molecular formula is C13H24N2O. The van der Waals surface area contributed by atoms with Crippen LogP contribution in [-0.2, 0) is 4.74 Å². The Kier molecular flexibility index (Phi) is 4.00. The zero-order chi connectivity index (χ0) is 11.4. The number of rotatable bonds is 4. The molecule has 2 aliphatic rings. The summed E-state index contributed by atoms with van der Waals surface area (Å²) < 4.78 is 5.82. The summed E-state index contributed by atoms with van der Waals surface area (Å²) in [5, 5.41) is 0. The van der Waals surface area contributed by atoms with Crippen LogP contribution in [0.1, 0.15) is 51.4 Å². The quantitative estimate of drug-likeness (QED) is 0.437. The van der Waals surface area contributed by atoms with Crippen molar-refractivity contribution in [2.45, 2.75) is 63.0 Å². The molecule has 0 aromatic carbocycles. The van der Waals surface area contributed by atoms with Crippen molar-refractivity contribution in [3.05, 3.63) is 11.6 Å². The van der Waals surface area contributed by atoms with Gasteiger partial charge in [-0.1, -0.05) is 24.5 Å². The Morgan fingerprint density at radius 3 is 2.56 bits per heavy atom. The van der Waals surface area contributed by atoms with Crippen LogP contribution in [-0.4, -0.2) is 18.8 Å². The third kappa shape index (κ3) is 2.17. The smallest absolute Gasteiger partial charge is 0.0882 e. The van der Waals surface area contributed by atoms with Crippen molar-refractivity contribution in [2.24, 2.45) is 5.84 Å². The lowest BCUT2D eigenvalue weighted by Gasteiger charge is -2.38. The Morgan fingerprint density at radius 2 is 2.06 bits per heavy atom. The molecule has 0 amide bonds. The van der Waals surface area contributed by atoms with Gasteiger partial charge in [-0.05, 0) is 38.5 Å². The molecule has 2 rings (SSSR count). The maximum absolute atomic E-state index is 5.82. The Hall–Kier alpha value is -0.380. The fourth-order valence-corrected chi connectivity index (χ4v) is 3.31. The molecule has 16 heavy (non-hydrogen) atoms. The van der Waals surface area contributed by atoms with Crippen molar-refractivity contribution >= 4 is 0 Å². The number of hydrogen-bond donors (Lipinski definition) is 2. The fraction of sp³-hybridized carbons (Fsp3) is 0.846. The first-order valence-electron chi connectivity index (χ1n) is 6.52. The topological polar surface area (TPSA) is 47.3 Å². The molecule has 3 heteroatoms. The molecule has 0 radical (unpaired) electrons. The molecule has 0 aromatic rings. The van der Waals surface area contributed by atoms with Crippen LogP contribution in [0.15, 0.2) is 11.6 Å². The minimum absolute atomic E-state index is 0.0437. The van der Waals surface area contributed by atoms with Gasteiger partial charge in [-0.2, -0.15) is 0 Å². The number of ether oxygens (including phenoxy) is 1. The molecular weight excluding hydrogens is 200 g/mol. The first kappa shape index (κ1) is 12.1. The lowest BCUT2D eigenvalue weighted by atomic mass is 9.82. The van der Waals surface area contributed by atoms with Gasteiger partial charge in [0.25, 0.3) is 0 Å². The third-order valence-corrected chi connectivity index (χ3v) is 4.25. The van der Waals surface area contributed by atoms with Gasteiger partial charge in [0, 0.05) is 7.11 Å². The standard InChI is InChI=1S/C13H24N2O/c1-16-13(9-5-6-10-13)12(15-14)11-7-3-2-4-8-11/h7,12,15H,2-6,8-10,14H2,1H3. The van der Waals surface area contributed by atoms with E-state index in [2.05, 4.69) is 11.5 Å². The number of nitrogens with one attached hydrogen (secondary N) is 1. The molecule has 0 aliphatic heterocycles. The molecule has 1 unspecified atom stereocenters. The SMILES string of the molecule is COC1(C(NN)C2=CCCCC2)CCCC1. The van der Waals surface area contributed by atoms with E-state index in [9.17, 15) is 0 Å². The normalized spacial score (nSPS) is 26.5. The summed E-state index contributed by atoms with van der Waals surface area (Å²) in [6.07, 6.45) is 12.2. The van der Waals surface area contributed by atoms with Crippen LogP contribution in [0, 0.1) is 0 Å². The summed E-state index contributed by atoms with van der Waals surface area (Å²) in [4.78, 5) is 0. The van der Waals surface area contributed by atoms with E-state index < -0.39 is 0 Å². The molecule has 3 nitrogen and oxygen atoms in total. The molecule has 0 spiro atoms. The van der Waals surface area contributed by atoms with E-state index in [0.717, 1.165) is 12.8 Å². The van der Waals surface area contributed by atoms with E-state index in [-0.39, 0.29) is 11.6 Å². The second kappa shape index (κ2) is 5.30. The van der Waals surface area contributed by atoms with Crippen molar-refractivity contribution < 1.29 is 4.74 Å². The van der Waals surface area contributed by atoms with Gasteiger partial charge in [0.2, 0.25) is 0 Å². The maximum Gasteiger partial charge on any atom is 0.0882 e. The Morgan fingerprint density at radius 1 is 1.31 bits per heavy atom. The average Bonchev–Trinajstić information content (AvgIpc) is 2.81. The van der Waals surface area contributed by atoms with Crippen LogP contribution < -0.4 is 11.3 Å². The number of hydrogen-bond acceptors (Lipinski definition) is 3. The number of allylic oxidation sites excluding steroid dienone is 1. The Labute approximate surface area is 98.4 Å². The molecule has 0 aromatic heterocycles. The van der Waals surface area contributed by atoms with E-state index >= 15 is 0 Å². The summed E-state index contributed by atoms with van der Waals surface area (Å²) in [5.74, 6) is 5.77. The third-order valence-electron chi connectivity index (χ3n) is 4.25. The predicted octanol–water partition coefficient (Wildman–Crippen LogP) is 2.28. The first-order chi connectivity index (χ1) is 7.82. The van der Waals surface area contributed by atoms with Crippen LogP contribution in [0.2, 0.25) is 0 Å². The molecule has 1 saturated carbocycles. The van der Waals surface area contributed by atoms with Crippen molar-refractivity contribution in [1.82, 2.24) is 5.43 Å². The van der Waals surface area contributed by atoms with E-state index in [0.29, 0.717) is 0 Å². The highest BCUT2D eigenvalue weighted by atomic mass is 16.5. The molecule has 0 saturated heterocycles. The van der Waals surface area contributed by atoms with E-state index in [1.807, 2.05) is 7.11 Å². The van der Waals surface area contributed by atoms with E-state index in [1.165, 1.54) is 44.1 Å². The van der Waals surface area contributed by atoms with Gasteiger partial charge >= 0.3 is 0 Å². The van der Waals surface area contributed by atoms with E-state index in [1.54, 1.807) is 0 Å².